The maximum atomic E-state index is 9.63. The van der Waals surface area contributed by atoms with Gasteiger partial charge in [-0.1, -0.05) is 48.8 Å². The molecular formula is C18H27ClN2O2. The van der Waals surface area contributed by atoms with Gasteiger partial charge >= 0.3 is 0 Å². The molecule has 0 unspecified atom stereocenters. The van der Waals surface area contributed by atoms with Crippen molar-refractivity contribution < 1.29 is 9.94 Å². The molecule has 0 saturated heterocycles. The van der Waals surface area contributed by atoms with E-state index in [1.54, 1.807) is 7.05 Å². The third-order valence-corrected chi connectivity index (χ3v) is 3.46. The molecule has 0 bridgehead atoms. The van der Waals surface area contributed by atoms with Crippen molar-refractivity contribution in [3.8, 4) is 0 Å². The Hall–Kier alpha value is -1.36. The van der Waals surface area contributed by atoms with Crippen molar-refractivity contribution >= 4 is 23.4 Å². The molecule has 4 nitrogen and oxygen atoms in total. The van der Waals surface area contributed by atoms with Crippen LogP contribution in [-0.4, -0.2) is 37.1 Å². The van der Waals surface area contributed by atoms with Crippen molar-refractivity contribution in [3.05, 3.63) is 40.9 Å². The second-order valence-electron chi connectivity index (χ2n) is 5.91. The molecular weight excluding hydrogens is 312 g/mol. The highest BCUT2D eigenvalue weighted by Crippen LogP contribution is 2.12. The number of likely N-dealkylation sites (N-methyl/N-ethyl adjacent to an activating group) is 1. The third-order valence-electron chi connectivity index (χ3n) is 3.20. The summed E-state index contributed by atoms with van der Waals surface area (Å²) in [6.45, 7) is 5.02. The van der Waals surface area contributed by atoms with Crippen LogP contribution in [0.4, 0.5) is 0 Å². The van der Waals surface area contributed by atoms with Crippen molar-refractivity contribution in [2.75, 3.05) is 20.2 Å². The topological polar surface area (TPSA) is 53.8 Å². The molecule has 1 rings (SSSR count). The van der Waals surface area contributed by atoms with Gasteiger partial charge in [-0.05, 0) is 49.6 Å². The number of halogens is 1. The average molecular weight is 339 g/mol. The van der Waals surface area contributed by atoms with E-state index in [1.165, 1.54) is 0 Å². The number of aliphatic hydroxyl groups excluding tert-OH is 1. The Kier molecular flexibility index (Phi) is 9.60. The summed E-state index contributed by atoms with van der Waals surface area (Å²) < 4.78 is 0. The van der Waals surface area contributed by atoms with Crippen LogP contribution in [0.25, 0.3) is 6.08 Å². The Labute approximate surface area is 144 Å². The lowest BCUT2D eigenvalue weighted by Gasteiger charge is -2.09. The summed E-state index contributed by atoms with van der Waals surface area (Å²) in [6, 6.07) is 7.63. The molecule has 0 aliphatic rings. The molecule has 2 N–H and O–H groups in total. The summed E-state index contributed by atoms with van der Waals surface area (Å²) in [7, 11) is 1.79. The number of hydrogen-bond acceptors (Lipinski definition) is 4. The monoisotopic (exact) mass is 338 g/mol. The van der Waals surface area contributed by atoms with Gasteiger partial charge in [0.2, 0.25) is 0 Å². The van der Waals surface area contributed by atoms with E-state index in [4.69, 9.17) is 16.4 Å². The number of oxime groups is 1. The zero-order chi connectivity index (χ0) is 17.1. The van der Waals surface area contributed by atoms with Crippen LogP contribution in [0.5, 0.6) is 0 Å². The molecule has 0 aliphatic heterocycles. The number of rotatable bonds is 10. The molecule has 0 amide bonds. The Balaban J connectivity index is 2.65. The lowest BCUT2D eigenvalue weighted by atomic mass is 10.0. The summed E-state index contributed by atoms with van der Waals surface area (Å²) >= 11 is 5.89. The summed E-state index contributed by atoms with van der Waals surface area (Å²) in [4.78, 5) is 5.28. The summed E-state index contributed by atoms with van der Waals surface area (Å²) in [6.07, 6.45) is 5.25. The molecule has 1 aromatic carbocycles. The molecule has 5 heteroatoms. The normalized spacial score (nSPS) is 13.7. The van der Waals surface area contributed by atoms with Crippen molar-refractivity contribution in [1.29, 1.82) is 0 Å². The second-order valence-corrected chi connectivity index (χ2v) is 6.34. The van der Waals surface area contributed by atoms with E-state index in [0.717, 1.165) is 29.1 Å². The standard InChI is InChI=1S/C18H27ClN2O2/c1-14(2)4-10-17(21-23-13-18(22)12-20-3)11-7-15-5-8-16(19)9-6-15/h5-9,11,14,18,20,22H,4,10,12-13H2,1-3H3/b11-7+,21-17+/t18-/m1/s1. The van der Waals surface area contributed by atoms with Gasteiger partial charge in [0.05, 0.1) is 5.71 Å². The van der Waals surface area contributed by atoms with Gasteiger partial charge in [-0.25, -0.2) is 0 Å². The predicted octanol–water partition coefficient (Wildman–Crippen LogP) is 3.74. The fourth-order valence-electron chi connectivity index (χ4n) is 1.86. The fraction of sp³-hybridized carbons (Fsp3) is 0.500. The van der Waals surface area contributed by atoms with E-state index in [1.807, 2.05) is 36.4 Å². The predicted molar refractivity (Wildman–Crippen MR) is 97.9 cm³/mol. The minimum absolute atomic E-state index is 0.181. The lowest BCUT2D eigenvalue weighted by molar-refractivity contribution is 0.0412. The van der Waals surface area contributed by atoms with Crippen LogP contribution in [0.1, 0.15) is 32.3 Å². The number of hydrogen-bond donors (Lipinski definition) is 2. The van der Waals surface area contributed by atoms with Gasteiger partial charge in [-0.2, -0.15) is 0 Å². The minimum atomic E-state index is -0.560. The number of allylic oxidation sites excluding steroid dienone is 1. The number of nitrogens with one attached hydrogen (secondary N) is 1. The van der Waals surface area contributed by atoms with Crippen molar-refractivity contribution in [2.24, 2.45) is 11.1 Å². The number of aliphatic hydroxyl groups is 1. The van der Waals surface area contributed by atoms with E-state index >= 15 is 0 Å². The molecule has 23 heavy (non-hydrogen) atoms. The first-order chi connectivity index (χ1) is 11.0. The second kappa shape index (κ2) is 11.2. The van der Waals surface area contributed by atoms with E-state index < -0.39 is 6.10 Å². The first-order valence-electron chi connectivity index (χ1n) is 7.96. The van der Waals surface area contributed by atoms with Gasteiger partial charge in [0.15, 0.2) is 0 Å². The van der Waals surface area contributed by atoms with Crippen molar-refractivity contribution in [2.45, 2.75) is 32.8 Å². The molecule has 0 aliphatic carbocycles. The van der Waals surface area contributed by atoms with Gasteiger partial charge < -0.3 is 15.3 Å². The Morgan fingerprint density at radius 3 is 2.65 bits per heavy atom. The van der Waals surface area contributed by atoms with Gasteiger partial charge in [0, 0.05) is 11.6 Å². The van der Waals surface area contributed by atoms with E-state index in [9.17, 15) is 5.11 Å². The Morgan fingerprint density at radius 2 is 2.04 bits per heavy atom. The molecule has 1 atom stereocenters. The highest BCUT2D eigenvalue weighted by atomic mass is 35.5. The van der Waals surface area contributed by atoms with Crippen LogP contribution in [-0.2, 0) is 4.84 Å². The molecule has 0 aromatic heterocycles. The minimum Gasteiger partial charge on any atom is -0.393 e. The van der Waals surface area contributed by atoms with Crippen LogP contribution in [0.2, 0.25) is 5.02 Å². The lowest BCUT2D eigenvalue weighted by Crippen LogP contribution is -2.27. The van der Waals surface area contributed by atoms with Gasteiger partial charge in [0.1, 0.15) is 12.7 Å². The molecule has 128 valence electrons. The van der Waals surface area contributed by atoms with E-state index in [0.29, 0.717) is 12.5 Å². The zero-order valence-electron chi connectivity index (χ0n) is 14.1. The average Bonchev–Trinajstić information content (AvgIpc) is 2.51. The summed E-state index contributed by atoms with van der Waals surface area (Å²) in [5.74, 6) is 0.596. The molecule has 0 radical (unpaired) electrons. The van der Waals surface area contributed by atoms with E-state index in [2.05, 4.69) is 24.3 Å². The van der Waals surface area contributed by atoms with Gasteiger partial charge in [-0.15, -0.1) is 0 Å². The maximum absolute atomic E-state index is 9.63. The fourth-order valence-corrected chi connectivity index (χ4v) is 1.99. The van der Waals surface area contributed by atoms with Crippen LogP contribution < -0.4 is 5.32 Å². The van der Waals surface area contributed by atoms with Crippen LogP contribution >= 0.6 is 11.6 Å². The van der Waals surface area contributed by atoms with E-state index in [-0.39, 0.29) is 6.61 Å². The first-order valence-corrected chi connectivity index (χ1v) is 8.34. The van der Waals surface area contributed by atoms with Gasteiger partial charge in [-0.3, -0.25) is 0 Å². The van der Waals surface area contributed by atoms with Crippen LogP contribution in [0.15, 0.2) is 35.5 Å². The molecule has 1 aromatic rings. The van der Waals surface area contributed by atoms with Crippen molar-refractivity contribution in [3.63, 3.8) is 0 Å². The third kappa shape index (κ3) is 9.39. The van der Waals surface area contributed by atoms with Crippen molar-refractivity contribution in [1.82, 2.24) is 5.32 Å². The Bertz CT molecular complexity index is 498. The highest BCUT2D eigenvalue weighted by Gasteiger charge is 2.04. The first kappa shape index (κ1) is 19.7. The van der Waals surface area contributed by atoms with Crippen LogP contribution in [0.3, 0.4) is 0 Å². The summed E-state index contributed by atoms with van der Waals surface area (Å²) in [5.41, 5.74) is 1.92. The summed E-state index contributed by atoms with van der Waals surface area (Å²) in [5, 5.41) is 17.4. The molecule has 0 heterocycles. The zero-order valence-corrected chi connectivity index (χ0v) is 14.9. The maximum Gasteiger partial charge on any atom is 0.144 e. The number of benzene rings is 1. The molecule has 0 fully saturated rings. The quantitative estimate of drug-likeness (QED) is 0.504. The van der Waals surface area contributed by atoms with Crippen LogP contribution in [0, 0.1) is 5.92 Å². The highest BCUT2D eigenvalue weighted by molar-refractivity contribution is 6.30. The molecule has 0 spiro atoms. The smallest absolute Gasteiger partial charge is 0.144 e. The molecule has 0 saturated carbocycles. The number of nitrogens with zero attached hydrogens (tertiary/aromatic N) is 1. The largest absolute Gasteiger partial charge is 0.393 e. The Morgan fingerprint density at radius 1 is 1.35 bits per heavy atom. The van der Waals surface area contributed by atoms with Gasteiger partial charge in [0.25, 0.3) is 0 Å². The SMILES string of the molecule is CNC[C@@H](O)CO/N=C(/C=C/c1ccc(Cl)cc1)CCC(C)C.